The predicted octanol–water partition coefficient (Wildman–Crippen LogP) is 5.36. The number of ether oxygens (including phenoxy) is 1. The molecule has 1 aliphatic heterocycles. The Bertz CT molecular complexity index is 1300. The number of likely N-dealkylation sites (tertiary alicyclic amines) is 1. The normalized spacial score (nSPS) is 17.1. The maximum Gasteiger partial charge on any atom is 0.306 e. The van der Waals surface area contributed by atoms with Crippen molar-refractivity contribution < 1.29 is 14.6 Å². The molecule has 4 aromatic rings. The molecule has 206 valence electrons. The van der Waals surface area contributed by atoms with Crippen LogP contribution in [0.1, 0.15) is 42.0 Å². The van der Waals surface area contributed by atoms with E-state index in [4.69, 9.17) is 4.74 Å². The molecular weight excluding hydrogens is 498 g/mol. The first kappa shape index (κ1) is 27.6. The zero-order valence-electron chi connectivity index (χ0n) is 23.0. The second-order valence-corrected chi connectivity index (χ2v) is 10.2. The summed E-state index contributed by atoms with van der Waals surface area (Å²) in [6.45, 7) is 4.13. The average Bonchev–Trinajstić information content (AvgIpc) is 3.46. The standard InChI is InChI=1S/C34H37N3O3/c1-2-40-33(39)19-18-27-24-35-37(25-27)23-20-28-26-36(22-21-32(28)38)34(29-12-6-3-7-13-29,30-14-8-4-9-15-30)31-16-10-5-11-17-31/h3-17,20,24-25,32,38H,2,18-19,21-23,26H2,1H3/b28-20-. The van der Waals surface area contributed by atoms with Crippen molar-refractivity contribution >= 4 is 5.97 Å². The molecule has 5 rings (SSSR count). The van der Waals surface area contributed by atoms with Crippen molar-refractivity contribution in [1.82, 2.24) is 14.7 Å². The largest absolute Gasteiger partial charge is 0.466 e. The zero-order valence-corrected chi connectivity index (χ0v) is 23.0. The lowest BCUT2D eigenvalue weighted by atomic mass is 9.74. The first-order valence-electron chi connectivity index (χ1n) is 14.1. The Kier molecular flexibility index (Phi) is 8.89. The molecule has 1 aromatic heterocycles. The lowest BCUT2D eigenvalue weighted by Gasteiger charge is -2.48. The SMILES string of the molecule is CCOC(=O)CCc1cnn(C/C=C2/CN(C(c3ccccc3)(c3ccccc3)c3ccccc3)CCC2O)c1. The Morgan fingerprint density at radius 3 is 2.10 bits per heavy atom. The summed E-state index contributed by atoms with van der Waals surface area (Å²) in [6, 6.07) is 32.0. The first-order chi connectivity index (χ1) is 19.6. The third-order valence-electron chi connectivity index (χ3n) is 7.67. The summed E-state index contributed by atoms with van der Waals surface area (Å²) in [5.74, 6) is -0.193. The highest BCUT2D eigenvalue weighted by Gasteiger charge is 2.44. The van der Waals surface area contributed by atoms with Crippen LogP contribution < -0.4 is 0 Å². The summed E-state index contributed by atoms with van der Waals surface area (Å²) in [6.07, 6.45) is 6.94. The number of hydrogen-bond donors (Lipinski definition) is 1. The molecule has 0 saturated carbocycles. The number of rotatable bonds is 10. The van der Waals surface area contributed by atoms with Gasteiger partial charge >= 0.3 is 5.97 Å². The highest BCUT2D eigenvalue weighted by atomic mass is 16.5. The Labute approximate surface area is 236 Å². The van der Waals surface area contributed by atoms with Crippen LogP contribution in [0.15, 0.2) is 115 Å². The number of carbonyl (C=O) groups excluding carboxylic acids is 1. The Hall–Kier alpha value is -4.00. The fraction of sp³-hybridized carbons (Fsp3) is 0.294. The smallest absolute Gasteiger partial charge is 0.306 e. The fourth-order valence-electron chi connectivity index (χ4n) is 5.77. The van der Waals surface area contributed by atoms with Crippen molar-refractivity contribution in [3.63, 3.8) is 0 Å². The van der Waals surface area contributed by atoms with Crippen LogP contribution in [0.5, 0.6) is 0 Å². The van der Waals surface area contributed by atoms with Crippen molar-refractivity contribution in [2.45, 2.75) is 44.4 Å². The molecule has 1 aliphatic rings. The predicted molar refractivity (Wildman–Crippen MR) is 157 cm³/mol. The van der Waals surface area contributed by atoms with Gasteiger partial charge in [-0.25, -0.2) is 0 Å². The minimum Gasteiger partial charge on any atom is -0.466 e. The van der Waals surface area contributed by atoms with E-state index in [0.717, 1.165) is 17.7 Å². The van der Waals surface area contributed by atoms with E-state index in [2.05, 4.69) is 107 Å². The fourth-order valence-corrected chi connectivity index (χ4v) is 5.77. The third kappa shape index (κ3) is 5.93. The van der Waals surface area contributed by atoms with E-state index in [1.54, 1.807) is 6.20 Å². The van der Waals surface area contributed by atoms with Crippen LogP contribution in [0, 0.1) is 0 Å². The number of esters is 1. The number of aromatic nitrogens is 2. The maximum absolute atomic E-state index is 11.7. The molecule has 0 aliphatic carbocycles. The molecule has 0 amide bonds. The molecule has 1 unspecified atom stereocenters. The molecule has 0 radical (unpaired) electrons. The molecule has 1 fully saturated rings. The van der Waals surface area contributed by atoms with E-state index in [1.165, 1.54) is 16.7 Å². The summed E-state index contributed by atoms with van der Waals surface area (Å²) in [4.78, 5) is 14.2. The highest BCUT2D eigenvalue weighted by Crippen LogP contribution is 2.44. The van der Waals surface area contributed by atoms with Crippen molar-refractivity contribution in [3.8, 4) is 0 Å². The molecular formula is C34H37N3O3. The molecule has 1 N–H and O–H groups in total. The van der Waals surface area contributed by atoms with Crippen LogP contribution >= 0.6 is 0 Å². The molecule has 40 heavy (non-hydrogen) atoms. The van der Waals surface area contributed by atoms with Gasteiger partial charge in [0.15, 0.2) is 0 Å². The number of aliphatic hydroxyl groups is 1. The summed E-state index contributed by atoms with van der Waals surface area (Å²) in [5.41, 5.74) is 5.05. The van der Waals surface area contributed by atoms with Gasteiger partial charge in [-0.15, -0.1) is 0 Å². The molecule has 1 saturated heterocycles. The quantitative estimate of drug-likeness (QED) is 0.168. The van der Waals surface area contributed by atoms with Gasteiger partial charge in [0.25, 0.3) is 0 Å². The van der Waals surface area contributed by atoms with Crippen LogP contribution in [-0.4, -0.2) is 51.6 Å². The van der Waals surface area contributed by atoms with Gasteiger partial charge in [0.2, 0.25) is 0 Å². The number of aryl methyl sites for hydroxylation is 1. The number of nitrogens with zero attached hydrogens (tertiary/aromatic N) is 3. The Morgan fingerprint density at radius 1 is 0.975 bits per heavy atom. The Morgan fingerprint density at radius 2 is 1.55 bits per heavy atom. The number of aliphatic hydroxyl groups excluding tert-OH is 1. The van der Waals surface area contributed by atoms with E-state index in [9.17, 15) is 9.90 Å². The van der Waals surface area contributed by atoms with Crippen molar-refractivity contribution in [2.24, 2.45) is 0 Å². The van der Waals surface area contributed by atoms with Crippen LogP contribution in [0.25, 0.3) is 0 Å². The Balaban J connectivity index is 1.45. The van der Waals surface area contributed by atoms with Gasteiger partial charge in [-0.3, -0.25) is 14.4 Å². The number of piperidine rings is 1. The van der Waals surface area contributed by atoms with Gasteiger partial charge in [-0.1, -0.05) is 97.1 Å². The maximum atomic E-state index is 11.7. The number of allylic oxidation sites excluding steroid dienone is 1. The first-order valence-corrected chi connectivity index (χ1v) is 14.1. The second-order valence-electron chi connectivity index (χ2n) is 10.2. The minimum atomic E-state index is -0.519. The molecule has 6 nitrogen and oxygen atoms in total. The lowest BCUT2D eigenvalue weighted by Crippen LogP contribution is -2.53. The monoisotopic (exact) mass is 535 g/mol. The van der Waals surface area contributed by atoms with Crippen molar-refractivity contribution in [1.29, 1.82) is 0 Å². The van der Waals surface area contributed by atoms with E-state index >= 15 is 0 Å². The molecule has 2 heterocycles. The van der Waals surface area contributed by atoms with Crippen LogP contribution in [0.3, 0.4) is 0 Å². The summed E-state index contributed by atoms with van der Waals surface area (Å²) < 4.78 is 6.89. The van der Waals surface area contributed by atoms with E-state index in [0.29, 0.717) is 39.0 Å². The van der Waals surface area contributed by atoms with Crippen LogP contribution in [0.2, 0.25) is 0 Å². The van der Waals surface area contributed by atoms with E-state index in [-0.39, 0.29) is 5.97 Å². The lowest BCUT2D eigenvalue weighted by molar-refractivity contribution is -0.143. The van der Waals surface area contributed by atoms with Gasteiger partial charge < -0.3 is 9.84 Å². The number of hydrogen-bond acceptors (Lipinski definition) is 5. The van der Waals surface area contributed by atoms with Crippen LogP contribution in [0.4, 0.5) is 0 Å². The topological polar surface area (TPSA) is 67.6 Å². The molecule has 0 spiro atoms. The molecule has 0 bridgehead atoms. The van der Waals surface area contributed by atoms with Gasteiger partial charge in [0.1, 0.15) is 0 Å². The van der Waals surface area contributed by atoms with E-state index in [1.807, 2.05) is 17.8 Å². The molecule has 6 heteroatoms. The summed E-state index contributed by atoms with van der Waals surface area (Å²) >= 11 is 0. The van der Waals surface area contributed by atoms with Gasteiger partial charge in [-0.05, 0) is 47.6 Å². The van der Waals surface area contributed by atoms with Gasteiger partial charge in [0, 0.05) is 25.7 Å². The van der Waals surface area contributed by atoms with Gasteiger partial charge in [-0.2, -0.15) is 5.10 Å². The second kappa shape index (κ2) is 12.9. The van der Waals surface area contributed by atoms with Gasteiger partial charge in [0.05, 0.1) is 31.0 Å². The minimum absolute atomic E-state index is 0.193. The van der Waals surface area contributed by atoms with Crippen molar-refractivity contribution in [3.05, 3.63) is 137 Å². The zero-order chi connectivity index (χ0) is 27.8. The average molecular weight is 536 g/mol. The third-order valence-corrected chi connectivity index (χ3v) is 7.67. The molecule has 1 atom stereocenters. The molecule has 3 aromatic carbocycles. The number of carbonyl (C=O) groups is 1. The summed E-state index contributed by atoms with van der Waals surface area (Å²) in [5, 5.41) is 15.6. The highest BCUT2D eigenvalue weighted by molar-refractivity contribution is 5.69. The van der Waals surface area contributed by atoms with Crippen LogP contribution in [-0.2, 0) is 28.0 Å². The van der Waals surface area contributed by atoms with E-state index < -0.39 is 11.6 Å². The number of benzene rings is 3. The van der Waals surface area contributed by atoms with Crippen molar-refractivity contribution in [2.75, 3.05) is 19.7 Å². The summed E-state index contributed by atoms with van der Waals surface area (Å²) in [7, 11) is 0.